The molecule has 4 nitrogen and oxygen atoms in total. The molecule has 1 aromatic heterocycles. The highest BCUT2D eigenvalue weighted by atomic mass is 32.1. The van der Waals surface area contributed by atoms with E-state index in [9.17, 15) is 4.79 Å². The van der Waals surface area contributed by atoms with Crippen molar-refractivity contribution in [3.05, 3.63) is 29.3 Å². The third kappa shape index (κ3) is 8.21. The summed E-state index contributed by atoms with van der Waals surface area (Å²) in [5, 5.41) is 10.7. The lowest BCUT2D eigenvalue weighted by atomic mass is 10.1. The molecule has 0 radical (unpaired) electrons. The fraction of sp³-hybridized carbons (Fsp3) is 0.591. The summed E-state index contributed by atoms with van der Waals surface area (Å²) in [6.45, 7) is 4.39. The van der Waals surface area contributed by atoms with Crippen LogP contribution in [0.2, 0.25) is 0 Å². The number of carbonyl (C=O) groups is 1. The fourth-order valence-electron chi connectivity index (χ4n) is 2.90. The molecule has 0 fully saturated rings. The molecule has 0 atom stereocenters. The summed E-state index contributed by atoms with van der Waals surface area (Å²) in [5.41, 5.74) is 1.02. The van der Waals surface area contributed by atoms with E-state index in [1.54, 1.807) is 11.3 Å². The summed E-state index contributed by atoms with van der Waals surface area (Å²) in [7, 11) is 0. The van der Waals surface area contributed by atoms with Crippen LogP contribution >= 0.6 is 11.3 Å². The number of aromatic nitrogens is 2. The predicted octanol–water partition coefficient (Wildman–Crippen LogP) is 6.59. The van der Waals surface area contributed by atoms with Gasteiger partial charge in [-0.3, -0.25) is 4.79 Å². The van der Waals surface area contributed by atoms with Gasteiger partial charge in [0.1, 0.15) is 15.8 Å². The maximum Gasteiger partial charge on any atom is 0.311 e. The van der Waals surface area contributed by atoms with Gasteiger partial charge in [-0.25, -0.2) is 0 Å². The zero-order valence-electron chi connectivity index (χ0n) is 16.7. The summed E-state index contributed by atoms with van der Waals surface area (Å²) < 4.78 is 5.40. The quantitative estimate of drug-likeness (QED) is 0.220. The third-order valence-corrected chi connectivity index (χ3v) is 5.56. The molecule has 0 spiro atoms. The van der Waals surface area contributed by atoms with Crippen LogP contribution in [-0.2, 0) is 11.2 Å². The minimum atomic E-state index is -0.153. The van der Waals surface area contributed by atoms with E-state index in [4.69, 9.17) is 4.74 Å². The van der Waals surface area contributed by atoms with Crippen molar-refractivity contribution in [1.29, 1.82) is 0 Å². The highest BCUT2D eigenvalue weighted by Crippen LogP contribution is 2.26. The van der Waals surface area contributed by atoms with Gasteiger partial charge in [0.05, 0.1) is 0 Å². The Hall–Kier alpha value is -1.75. The van der Waals surface area contributed by atoms with E-state index in [-0.39, 0.29) is 5.97 Å². The Morgan fingerprint density at radius 1 is 0.889 bits per heavy atom. The van der Waals surface area contributed by atoms with Gasteiger partial charge < -0.3 is 4.74 Å². The van der Waals surface area contributed by atoms with Gasteiger partial charge in [-0.05, 0) is 37.1 Å². The SMILES string of the molecule is CCCCCCCc1nnc(-c2ccc(OC(=O)CCCCCC)cc2)s1. The van der Waals surface area contributed by atoms with Crippen molar-refractivity contribution in [2.75, 3.05) is 0 Å². The number of nitrogens with zero attached hydrogens (tertiary/aromatic N) is 2. The van der Waals surface area contributed by atoms with Crippen molar-refractivity contribution in [3.8, 4) is 16.3 Å². The summed E-state index contributed by atoms with van der Waals surface area (Å²) >= 11 is 1.66. The van der Waals surface area contributed by atoms with Crippen molar-refractivity contribution < 1.29 is 9.53 Å². The minimum Gasteiger partial charge on any atom is -0.427 e. The van der Waals surface area contributed by atoms with Gasteiger partial charge in [0.2, 0.25) is 0 Å². The maximum atomic E-state index is 11.9. The lowest BCUT2D eigenvalue weighted by Gasteiger charge is -2.04. The molecule has 1 aromatic carbocycles. The molecule has 0 saturated carbocycles. The van der Waals surface area contributed by atoms with Gasteiger partial charge in [-0.15, -0.1) is 10.2 Å². The predicted molar refractivity (Wildman–Crippen MR) is 112 cm³/mol. The number of hydrogen-bond donors (Lipinski definition) is 0. The van der Waals surface area contributed by atoms with E-state index < -0.39 is 0 Å². The molecule has 0 unspecified atom stereocenters. The molecule has 0 aliphatic heterocycles. The Labute approximate surface area is 167 Å². The number of aryl methyl sites for hydroxylation is 1. The van der Waals surface area contributed by atoms with E-state index >= 15 is 0 Å². The number of benzene rings is 1. The van der Waals surface area contributed by atoms with Crippen LogP contribution in [0.3, 0.4) is 0 Å². The maximum absolute atomic E-state index is 11.9. The molecular formula is C22H32N2O2S. The van der Waals surface area contributed by atoms with Gasteiger partial charge in [-0.1, -0.05) is 70.1 Å². The van der Waals surface area contributed by atoms with Crippen LogP contribution in [0.1, 0.15) is 83.1 Å². The molecule has 0 N–H and O–H groups in total. The van der Waals surface area contributed by atoms with E-state index in [0.717, 1.165) is 34.8 Å². The summed E-state index contributed by atoms with van der Waals surface area (Å²) in [5.74, 6) is 0.444. The molecule has 27 heavy (non-hydrogen) atoms. The topological polar surface area (TPSA) is 52.1 Å². The zero-order chi connectivity index (χ0) is 19.3. The molecule has 0 aliphatic rings. The molecular weight excluding hydrogens is 356 g/mol. The molecule has 5 heteroatoms. The molecule has 0 saturated heterocycles. The molecule has 2 aromatic rings. The van der Waals surface area contributed by atoms with Crippen molar-refractivity contribution in [2.45, 2.75) is 84.5 Å². The Morgan fingerprint density at radius 3 is 2.26 bits per heavy atom. The standard InChI is InChI=1S/C22H32N2O2S/c1-3-5-7-9-10-12-20-23-24-22(27-20)18-14-16-19(17-15-18)26-21(25)13-11-8-6-4-2/h14-17H,3-13H2,1-2H3. The Kier molecular flexibility index (Phi) is 10.1. The van der Waals surface area contributed by atoms with E-state index in [0.29, 0.717) is 12.2 Å². The first-order valence-electron chi connectivity index (χ1n) is 10.4. The monoisotopic (exact) mass is 388 g/mol. The molecule has 2 rings (SSSR count). The highest BCUT2D eigenvalue weighted by Gasteiger charge is 2.09. The van der Waals surface area contributed by atoms with Crippen LogP contribution in [0.15, 0.2) is 24.3 Å². The fourth-order valence-corrected chi connectivity index (χ4v) is 3.78. The number of hydrogen-bond acceptors (Lipinski definition) is 5. The number of unbranched alkanes of at least 4 members (excludes halogenated alkanes) is 7. The van der Waals surface area contributed by atoms with Crippen LogP contribution in [0, 0.1) is 0 Å². The average molecular weight is 389 g/mol. The molecule has 0 bridgehead atoms. The highest BCUT2D eigenvalue weighted by molar-refractivity contribution is 7.14. The zero-order valence-corrected chi connectivity index (χ0v) is 17.5. The van der Waals surface area contributed by atoms with Crippen molar-refractivity contribution >= 4 is 17.3 Å². The second-order valence-electron chi connectivity index (χ2n) is 6.97. The molecule has 1 heterocycles. The second-order valence-corrected chi connectivity index (χ2v) is 8.04. The first-order chi connectivity index (χ1) is 13.2. The van der Waals surface area contributed by atoms with Crippen LogP contribution in [-0.4, -0.2) is 16.2 Å². The Morgan fingerprint density at radius 2 is 1.56 bits per heavy atom. The first-order valence-corrected chi connectivity index (χ1v) is 11.2. The number of rotatable bonds is 13. The van der Waals surface area contributed by atoms with Crippen LogP contribution in [0.25, 0.3) is 10.6 Å². The minimum absolute atomic E-state index is 0.153. The molecule has 0 amide bonds. The Balaban J connectivity index is 1.78. The van der Waals surface area contributed by atoms with Gasteiger partial charge in [0.25, 0.3) is 0 Å². The van der Waals surface area contributed by atoms with Gasteiger partial charge in [0.15, 0.2) is 0 Å². The van der Waals surface area contributed by atoms with Crippen LogP contribution in [0.4, 0.5) is 0 Å². The largest absolute Gasteiger partial charge is 0.427 e. The average Bonchev–Trinajstić information content (AvgIpc) is 3.15. The van der Waals surface area contributed by atoms with Gasteiger partial charge in [0, 0.05) is 18.4 Å². The first kappa shape index (κ1) is 21.5. The normalized spacial score (nSPS) is 10.9. The van der Waals surface area contributed by atoms with E-state index in [2.05, 4.69) is 24.0 Å². The third-order valence-electron chi connectivity index (χ3n) is 4.53. The molecule has 0 aliphatic carbocycles. The summed E-state index contributed by atoms with van der Waals surface area (Å²) in [6, 6.07) is 7.58. The lowest BCUT2D eigenvalue weighted by molar-refractivity contribution is -0.134. The van der Waals surface area contributed by atoms with Crippen molar-refractivity contribution in [2.24, 2.45) is 0 Å². The smallest absolute Gasteiger partial charge is 0.311 e. The molecule has 148 valence electrons. The van der Waals surface area contributed by atoms with Crippen LogP contribution < -0.4 is 4.74 Å². The van der Waals surface area contributed by atoms with E-state index in [1.807, 2.05) is 24.3 Å². The second kappa shape index (κ2) is 12.6. The summed E-state index contributed by atoms with van der Waals surface area (Å²) in [6.07, 6.45) is 12.2. The van der Waals surface area contributed by atoms with Crippen molar-refractivity contribution in [1.82, 2.24) is 10.2 Å². The van der Waals surface area contributed by atoms with Gasteiger partial charge >= 0.3 is 5.97 Å². The van der Waals surface area contributed by atoms with Crippen molar-refractivity contribution in [3.63, 3.8) is 0 Å². The number of carbonyl (C=O) groups excluding carboxylic acids is 1. The Bertz CT molecular complexity index is 667. The number of ether oxygens (including phenoxy) is 1. The van der Waals surface area contributed by atoms with Crippen LogP contribution in [0.5, 0.6) is 5.75 Å². The van der Waals surface area contributed by atoms with E-state index in [1.165, 1.54) is 44.9 Å². The lowest BCUT2D eigenvalue weighted by Crippen LogP contribution is -2.07. The summed E-state index contributed by atoms with van der Waals surface area (Å²) in [4.78, 5) is 11.9. The number of esters is 1. The van der Waals surface area contributed by atoms with Gasteiger partial charge in [-0.2, -0.15) is 0 Å².